The van der Waals surface area contributed by atoms with Crippen LogP contribution in [0.15, 0.2) is 0 Å². The maximum atomic E-state index is 5.07. The summed E-state index contributed by atoms with van der Waals surface area (Å²) >= 11 is 3.11. The molecule has 0 rings (SSSR count). The first-order valence-electron chi connectivity index (χ1n) is 3.56. The predicted octanol–water partition coefficient (Wildman–Crippen LogP) is 2.80. The Kier molecular flexibility index (Phi) is 9.66. The molecule has 0 saturated carbocycles. The summed E-state index contributed by atoms with van der Waals surface area (Å²) in [6.45, 7) is 0. The van der Waals surface area contributed by atoms with Gasteiger partial charge in [0, 0.05) is 11.5 Å². The fraction of sp³-hybridized carbons (Fsp3) is 0.556. The Morgan fingerprint density at radius 2 is 1.27 bits per heavy atom. The second-order valence-corrected chi connectivity index (χ2v) is 3.86. The average molecular weight is 184 g/mol. The minimum Gasteiger partial charge on any atom is -0.108 e. The molecular formula is C9H12S2. The molecule has 2 heteroatoms. The van der Waals surface area contributed by atoms with Crippen molar-refractivity contribution in [3.05, 3.63) is 0 Å². The van der Waals surface area contributed by atoms with E-state index in [1.807, 2.05) is 0 Å². The largest absolute Gasteiger partial charge is 0.108 e. The summed E-state index contributed by atoms with van der Waals surface area (Å²) in [5.41, 5.74) is 0. The summed E-state index contributed by atoms with van der Waals surface area (Å²) in [5, 5.41) is 5.10. The zero-order valence-corrected chi connectivity index (χ0v) is 8.14. The highest BCUT2D eigenvalue weighted by Crippen LogP contribution is 2.07. The second-order valence-electron chi connectivity index (χ2n) is 1.99. The van der Waals surface area contributed by atoms with E-state index in [1.165, 1.54) is 19.3 Å². The first-order chi connectivity index (χ1) is 5.41. The third kappa shape index (κ3) is 9.82. The second kappa shape index (κ2) is 9.82. The molecular weight excluding hydrogens is 172 g/mol. The summed E-state index contributed by atoms with van der Waals surface area (Å²) in [7, 11) is 0. The summed E-state index contributed by atoms with van der Waals surface area (Å²) in [5.74, 6) is 2.16. The van der Waals surface area contributed by atoms with Crippen molar-refractivity contribution >= 4 is 23.5 Å². The molecule has 0 aromatic heterocycles. The van der Waals surface area contributed by atoms with Crippen LogP contribution in [0.25, 0.3) is 0 Å². The lowest BCUT2D eigenvalue weighted by atomic mass is 10.3. The van der Waals surface area contributed by atoms with Crippen LogP contribution in [0.3, 0.4) is 0 Å². The molecule has 0 aliphatic rings. The van der Waals surface area contributed by atoms with Crippen molar-refractivity contribution in [2.24, 2.45) is 0 Å². The fourth-order valence-electron chi connectivity index (χ4n) is 0.643. The van der Waals surface area contributed by atoms with E-state index in [0.717, 1.165) is 11.5 Å². The van der Waals surface area contributed by atoms with Crippen LogP contribution in [0.1, 0.15) is 19.3 Å². The van der Waals surface area contributed by atoms with Crippen LogP contribution >= 0.6 is 23.5 Å². The van der Waals surface area contributed by atoms with Crippen molar-refractivity contribution in [3.63, 3.8) is 0 Å². The smallest absolute Gasteiger partial charge is 0.00566 e. The molecule has 0 unspecified atom stereocenters. The van der Waals surface area contributed by atoms with Gasteiger partial charge in [0.15, 0.2) is 0 Å². The number of rotatable bonds is 6. The summed E-state index contributed by atoms with van der Waals surface area (Å²) < 4.78 is 0. The van der Waals surface area contributed by atoms with Crippen LogP contribution in [0, 0.1) is 23.4 Å². The maximum Gasteiger partial charge on any atom is 0.00566 e. The van der Waals surface area contributed by atoms with Gasteiger partial charge in [-0.3, -0.25) is 0 Å². The molecule has 60 valence electrons. The number of unbranched alkanes of at least 4 members (excludes halogenated alkanes) is 2. The van der Waals surface area contributed by atoms with Crippen LogP contribution in [0.5, 0.6) is 0 Å². The Bertz CT molecular complexity index is 132. The van der Waals surface area contributed by atoms with Crippen molar-refractivity contribution in [2.75, 3.05) is 11.5 Å². The highest BCUT2D eigenvalue weighted by Gasteiger charge is 1.88. The van der Waals surface area contributed by atoms with Gasteiger partial charge in [0.05, 0.1) is 0 Å². The molecule has 0 aromatic carbocycles. The van der Waals surface area contributed by atoms with Gasteiger partial charge >= 0.3 is 0 Å². The van der Waals surface area contributed by atoms with Crippen molar-refractivity contribution in [1.29, 1.82) is 0 Å². The maximum absolute atomic E-state index is 5.07. The molecule has 0 heterocycles. The van der Waals surface area contributed by atoms with Gasteiger partial charge in [0.2, 0.25) is 0 Å². The van der Waals surface area contributed by atoms with E-state index in [-0.39, 0.29) is 0 Å². The molecule has 0 aliphatic heterocycles. The van der Waals surface area contributed by atoms with E-state index < -0.39 is 0 Å². The minimum atomic E-state index is 1.08. The molecule has 0 atom stereocenters. The first kappa shape index (κ1) is 10.8. The fourth-order valence-corrected chi connectivity index (χ4v) is 1.58. The van der Waals surface area contributed by atoms with Gasteiger partial charge in [0.25, 0.3) is 0 Å². The van der Waals surface area contributed by atoms with Crippen molar-refractivity contribution < 1.29 is 0 Å². The van der Waals surface area contributed by atoms with Gasteiger partial charge in [-0.2, -0.15) is 0 Å². The van der Waals surface area contributed by atoms with E-state index in [4.69, 9.17) is 12.8 Å². The van der Waals surface area contributed by atoms with E-state index >= 15 is 0 Å². The van der Waals surface area contributed by atoms with Crippen LogP contribution in [-0.2, 0) is 0 Å². The molecule has 0 amide bonds. The van der Waals surface area contributed by atoms with E-state index in [2.05, 4.69) is 10.5 Å². The minimum absolute atomic E-state index is 1.08. The molecule has 0 fully saturated rings. The van der Waals surface area contributed by atoms with Gasteiger partial charge < -0.3 is 0 Å². The third-order valence-electron chi connectivity index (χ3n) is 1.16. The van der Waals surface area contributed by atoms with Crippen molar-refractivity contribution in [2.45, 2.75) is 19.3 Å². The molecule has 0 aromatic rings. The number of thioether (sulfide) groups is 2. The molecule has 0 bridgehead atoms. The van der Waals surface area contributed by atoms with E-state index in [1.54, 1.807) is 23.5 Å². The molecule has 0 nitrogen and oxygen atoms in total. The predicted molar refractivity (Wildman–Crippen MR) is 56.4 cm³/mol. The average Bonchev–Trinajstić information content (AvgIpc) is 2.03. The number of terminal acetylenes is 2. The van der Waals surface area contributed by atoms with Gasteiger partial charge in [-0.1, -0.05) is 29.9 Å². The number of hydrogen-bond acceptors (Lipinski definition) is 2. The Balaban J connectivity index is 2.82. The third-order valence-corrected chi connectivity index (χ3v) is 2.48. The molecule has 0 spiro atoms. The lowest BCUT2D eigenvalue weighted by Gasteiger charge is -1.95. The molecule has 0 radical (unpaired) electrons. The Morgan fingerprint density at radius 3 is 1.64 bits per heavy atom. The standard InChI is InChI=1S/C9H12S2/c1-3-10-8-6-5-7-9-11-4-2/h1-2H,5-9H2. The highest BCUT2D eigenvalue weighted by molar-refractivity contribution is 8.04. The lowest BCUT2D eigenvalue weighted by Crippen LogP contribution is -1.81. The monoisotopic (exact) mass is 184 g/mol. The Morgan fingerprint density at radius 1 is 0.818 bits per heavy atom. The topological polar surface area (TPSA) is 0 Å². The first-order valence-corrected chi connectivity index (χ1v) is 5.53. The molecule has 0 N–H and O–H groups in total. The van der Waals surface area contributed by atoms with Crippen LogP contribution in [0.2, 0.25) is 0 Å². The highest BCUT2D eigenvalue weighted by atomic mass is 32.2. The summed E-state index contributed by atoms with van der Waals surface area (Å²) in [4.78, 5) is 0. The summed E-state index contributed by atoms with van der Waals surface area (Å²) in [6.07, 6.45) is 13.8. The van der Waals surface area contributed by atoms with Gasteiger partial charge in [-0.25, -0.2) is 0 Å². The van der Waals surface area contributed by atoms with Gasteiger partial charge in [-0.05, 0) is 23.3 Å². The van der Waals surface area contributed by atoms with E-state index in [0.29, 0.717) is 0 Å². The van der Waals surface area contributed by atoms with Crippen molar-refractivity contribution in [1.82, 2.24) is 0 Å². The normalized spacial score (nSPS) is 8.55. The molecule has 0 saturated heterocycles. The molecule has 0 aliphatic carbocycles. The lowest BCUT2D eigenvalue weighted by molar-refractivity contribution is 0.787. The van der Waals surface area contributed by atoms with E-state index in [9.17, 15) is 0 Å². The van der Waals surface area contributed by atoms with Crippen LogP contribution < -0.4 is 0 Å². The number of hydrogen-bond donors (Lipinski definition) is 0. The Labute approximate surface area is 77.9 Å². The quantitative estimate of drug-likeness (QED) is 0.460. The summed E-state index contributed by atoms with van der Waals surface area (Å²) in [6, 6.07) is 0. The van der Waals surface area contributed by atoms with Crippen molar-refractivity contribution in [3.8, 4) is 23.4 Å². The zero-order chi connectivity index (χ0) is 8.36. The zero-order valence-electron chi connectivity index (χ0n) is 6.51. The SMILES string of the molecule is C#CSCCCCCSC#C. The Hall–Kier alpha value is -0.180. The van der Waals surface area contributed by atoms with Gasteiger partial charge in [-0.15, -0.1) is 12.8 Å². The van der Waals surface area contributed by atoms with Gasteiger partial charge in [0.1, 0.15) is 0 Å². The van der Waals surface area contributed by atoms with Crippen LogP contribution in [-0.4, -0.2) is 11.5 Å². The van der Waals surface area contributed by atoms with Crippen LogP contribution in [0.4, 0.5) is 0 Å². The molecule has 11 heavy (non-hydrogen) atoms.